The Morgan fingerprint density at radius 1 is 1.11 bits per heavy atom. The number of benzene rings is 1. The summed E-state index contributed by atoms with van der Waals surface area (Å²) in [6.45, 7) is 12.2. The van der Waals surface area contributed by atoms with Gasteiger partial charge in [-0.3, -0.25) is 4.90 Å². The number of nitrogens with one attached hydrogen (secondary N) is 1. The molecule has 0 aliphatic heterocycles. The predicted octanol–water partition coefficient (Wildman–Crippen LogP) is 3.29. The number of rotatable bonds is 8. The lowest BCUT2D eigenvalue weighted by atomic mass is 10.1. The lowest BCUT2D eigenvalue weighted by Gasteiger charge is -2.29. The molecule has 1 aromatic carbocycles. The molecule has 0 amide bonds. The molecule has 0 saturated carbocycles. The van der Waals surface area contributed by atoms with Crippen molar-refractivity contribution < 1.29 is 0 Å². The highest BCUT2D eigenvalue weighted by Crippen LogP contribution is 2.07. The van der Waals surface area contributed by atoms with Crippen molar-refractivity contribution in [2.75, 3.05) is 13.1 Å². The van der Waals surface area contributed by atoms with Gasteiger partial charge >= 0.3 is 0 Å². The first-order valence-corrected chi connectivity index (χ1v) is 7.18. The summed E-state index contributed by atoms with van der Waals surface area (Å²) in [5, 5.41) is 3.59. The Bertz CT molecular complexity index is 310. The van der Waals surface area contributed by atoms with Gasteiger partial charge in [0.2, 0.25) is 0 Å². The summed E-state index contributed by atoms with van der Waals surface area (Å²) in [4.78, 5) is 2.52. The SMILES string of the molecule is CCC(C)NCC(C)N(CC)Cc1ccccc1. The van der Waals surface area contributed by atoms with Gasteiger partial charge in [-0.1, -0.05) is 44.2 Å². The molecule has 0 aliphatic carbocycles. The van der Waals surface area contributed by atoms with Crippen molar-refractivity contribution >= 4 is 0 Å². The Labute approximate surface area is 112 Å². The molecule has 2 nitrogen and oxygen atoms in total. The number of nitrogens with zero attached hydrogens (tertiary/aromatic N) is 1. The van der Waals surface area contributed by atoms with Crippen molar-refractivity contribution in [3.05, 3.63) is 35.9 Å². The fourth-order valence-corrected chi connectivity index (χ4v) is 2.04. The molecule has 0 aromatic heterocycles. The molecule has 0 radical (unpaired) electrons. The first kappa shape index (κ1) is 15.2. The fraction of sp³-hybridized carbons (Fsp3) is 0.625. The zero-order valence-electron chi connectivity index (χ0n) is 12.3. The third-order valence-electron chi connectivity index (χ3n) is 3.63. The Balaban J connectivity index is 2.45. The van der Waals surface area contributed by atoms with Crippen molar-refractivity contribution in [3.8, 4) is 0 Å². The van der Waals surface area contributed by atoms with E-state index in [2.05, 4.69) is 68.2 Å². The molecular weight excluding hydrogens is 220 g/mol. The topological polar surface area (TPSA) is 15.3 Å². The van der Waals surface area contributed by atoms with Crippen molar-refractivity contribution in [2.45, 2.75) is 52.7 Å². The molecular formula is C16H28N2. The average Bonchev–Trinajstić information content (AvgIpc) is 2.42. The number of likely N-dealkylation sites (N-methyl/N-ethyl adjacent to an activating group) is 1. The molecule has 2 heteroatoms. The van der Waals surface area contributed by atoms with Crippen molar-refractivity contribution in [2.24, 2.45) is 0 Å². The molecule has 1 aromatic rings. The van der Waals surface area contributed by atoms with Crippen LogP contribution in [0.2, 0.25) is 0 Å². The van der Waals surface area contributed by atoms with E-state index >= 15 is 0 Å². The van der Waals surface area contributed by atoms with Crippen molar-refractivity contribution in [1.82, 2.24) is 10.2 Å². The first-order valence-electron chi connectivity index (χ1n) is 7.18. The lowest BCUT2D eigenvalue weighted by molar-refractivity contribution is 0.202. The number of hydrogen-bond acceptors (Lipinski definition) is 2. The molecule has 18 heavy (non-hydrogen) atoms. The summed E-state index contributed by atoms with van der Waals surface area (Å²) in [6.07, 6.45) is 1.19. The summed E-state index contributed by atoms with van der Waals surface area (Å²) in [5.74, 6) is 0. The van der Waals surface area contributed by atoms with Crippen LogP contribution in [0.4, 0.5) is 0 Å². The second-order valence-corrected chi connectivity index (χ2v) is 5.12. The van der Waals surface area contributed by atoms with Crippen LogP contribution in [-0.4, -0.2) is 30.1 Å². The van der Waals surface area contributed by atoms with Gasteiger partial charge in [-0.25, -0.2) is 0 Å². The summed E-state index contributed by atoms with van der Waals surface area (Å²) in [6, 6.07) is 11.9. The normalized spacial score (nSPS) is 14.7. The second kappa shape index (κ2) is 8.28. The molecule has 0 heterocycles. The Morgan fingerprint density at radius 2 is 1.78 bits per heavy atom. The van der Waals surface area contributed by atoms with Gasteiger partial charge in [0.15, 0.2) is 0 Å². The molecule has 1 N–H and O–H groups in total. The van der Waals surface area contributed by atoms with Crippen LogP contribution in [-0.2, 0) is 6.54 Å². The van der Waals surface area contributed by atoms with Gasteiger partial charge in [0.1, 0.15) is 0 Å². The van der Waals surface area contributed by atoms with Crippen molar-refractivity contribution in [3.63, 3.8) is 0 Å². The maximum absolute atomic E-state index is 3.59. The molecule has 0 fully saturated rings. The van der Waals surface area contributed by atoms with Crippen LogP contribution in [0.15, 0.2) is 30.3 Å². The maximum Gasteiger partial charge on any atom is 0.0236 e. The van der Waals surface area contributed by atoms with Gasteiger partial charge < -0.3 is 5.32 Å². The quantitative estimate of drug-likeness (QED) is 0.759. The van der Waals surface area contributed by atoms with Crippen LogP contribution < -0.4 is 5.32 Å². The highest BCUT2D eigenvalue weighted by atomic mass is 15.2. The summed E-state index contributed by atoms with van der Waals surface area (Å²) >= 11 is 0. The Kier molecular flexibility index (Phi) is 6.99. The lowest BCUT2D eigenvalue weighted by Crippen LogP contribution is -2.42. The van der Waals surface area contributed by atoms with Crippen LogP contribution in [0.1, 0.15) is 39.7 Å². The average molecular weight is 248 g/mol. The van der Waals surface area contributed by atoms with Gasteiger partial charge in [-0.15, -0.1) is 0 Å². The minimum atomic E-state index is 0.573. The predicted molar refractivity (Wildman–Crippen MR) is 79.7 cm³/mol. The van der Waals surface area contributed by atoms with E-state index < -0.39 is 0 Å². The van der Waals surface area contributed by atoms with E-state index in [-0.39, 0.29) is 0 Å². The van der Waals surface area contributed by atoms with Crippen molar-refractivity contribution in [1.29, 1.82) is 0 Å². The summed E-state index contributed by atoms with van der Waals surface area (Å²) in [5.41, 5.74) is 1.40. The van der Waals surface area contributed by atoms with Crippen LogP contribution >= 0.6 is 0 Å². The molecule has 1 rings (SSSR count). The molecule has 0 aliphatic rings. The van der Waals surface area contributed by atoms with E-state index in [1.165, 1.54) is 12.0 Å². The highest BCUT2D eigenvalue weighted by Gasteiger charge is 2.12. The van der Waals surface area contributed by atoms with E-state index in [9.17, 15) is 0 Å². The Morgan fingerprint density at radius 3 is 2.33 bits per heavy atom. The van der Waals surface area contributed by atoms with E-state index in [4.69, 9.17) is 0 Å². The third kappa shape index (κ3) is 5.19. The minimum Gasteiger partial charge on any atom is -0.313 e. The van der Waals surface area contributed by atoms with E-state index in [1.807, 2.05) is 0 Å². The first-order chi connectivity index (χ1) is 8.67. The van der Waals surface area contributed by atoms with Gasteiger partial charge in [-0.2, -0.15) is 0 Å². The molecule has 0 saturated heterocycles. The van der Waals surface area contributed by atoms with Gasteiger partial charge in [0.25, 0.3) is 0 Å². The Hall–Kier alpha value is -0.860. The standard InChI is InChI=1S/C16H28N2/c1-5-14(3)17-12-15(4)18(6-2)13-16-10-8-7-9-11-16/h7-11,14-15,17H,5-6,12-13H2,1-4H3. The molecule has 102 valence electrons. The summed E-state index contributed by atoms with van der Waals surface area (Å²) < 4.78 is 0. The van der Waals surface area contributed by atoms with Gasteiger partial charge in [-0.05, 0) is 32.4 Å². The largest absolute Gasteiger partial charge is 0.313 e. The van der Waals surface area contributed by atoms with Crippen LogP contribution in [0.3, 0.4) is 0 Å². The molecule has 0 spiro atoms. The van der Waals surface area contributed by atoms with Gasteiger partial charge in [0.05, 0.1) is 0 Å². The summed E-state index contributed by atoms with van der Waals surface area (Å²) in [7, 11) is 0. The van der Waals surface area contributed by atoms with Gasteiger partial charge in [0, 0.05) is 25.2 Å². The van der Waals surface area contributed by atoms with Crippen LogP contribution in [0, 0.1) is 0 Å². The third-order valence-corrected chi connectivity index (χ3v) is 3.63. The maximum atomic E-state index is 3.59. The van der Waals surface area contributed by atoms with Crippen LogP contribution in [0.5, 0.6) is 0 Å². The van der Waals surface area contributed by atoms with Crippen LogP contribution in [0.25, 0.3) is 0 Å². The monoisotopic (exact) mass is 248 g/mol. The second-order valence-electron chi connectivity index (χ2n) is 5.12. The number of hydrogen-bond donors (Lipinski definition) is 1. The molecule has 2 unspecified atom stereocenters. The van der Waals surface area contributed by atoms with E-state index in [0.29, 0.717) is 12.1 Å². The zero-order valence-corrected chi connectivity index (χ0v) is 12.3. The zero-order chi connectivity index (χ0) is 13.4. The van der Waals surface area contributed by atoms with E-state index in [0.717, 1.165) is 19.6 Å². The molecule has 2 atom stereocenters. The smallest absolute Gasteiger partial charge is 0.0236 e. The highest BCUT2D eigenvalue weighted by molar-refractivity contribution is 5.14. The fourth-order valence-electron chi connectivity index (χ4n) is 2.04. The minimum absolute atomic E-state index is 0.573. The molecule has 0 bridgehead atoms. The van der Waals surface area contributed by atoms with E-state index in [1.54, 1.807) is 0 Å².